The largest absolute Gasteiger partial charge is 0.316 e. The highest BCUT2D eigenvalue weighted by Crippen LogP contribution is 2.21. The maximum Gasteiger partial charge on any atom is 0.0254 e. The Labute approximate surface area is 107 Å². The molecule has 0 spiro atoms. The second-order valence-corrected chi connectivity index (χ2v) is 6.27. The Balaban J connectivity index is 1.63. The zero-order chi connectivity index (χ0) is 12.3. The van der Waals surface area contributed by atoms with E-state index >= 15 is 0 Å². The summed E-state index contributed by atoms with van der Waals surface area (Å²) < 4.78 is 0. The molecular formula is C14H29N3. The summed E-state index contributed by atoms with van der Waals surface area (Å²) in [4.78, 5) is 5.06. The molecule has 0 amide bonds. The van der Waals surface area contributed by atoms with Crippen LogP contribution in [0.25, 0.3) is 0 Å². The van der Waals surface area contributed by atoms with Crippen LogP contribution < -0.4 is 5.32 Å². The van der Waals surface area contributed by atoms with Crippen LogP contribution in [0.2, 0.25) is 0 Å². The molecule has 2 saturated heterocycles. The van der Waals surface area contributed by atoms with E-state index < -0.39 is 0 Å². The van der Waals surface area contributed by atoms with E-state index in [0.29, 0.717) is 0 Å². The van der Waals surface area contributed by atoms with Gasteiger partial charge < -0.3 is 15.1 Å². The monoisotopic (exact) mass is 239 g/mol. The smallest absolute Gasteiger partial charge is 0.0254 e. The van der Waals surface area contributed by atoms with Gasteiger partial charge in [0.05, 0.1) is 0 Å². The summed E-state index contributed by atoms with van der Waals surface area (Å²) in [7, 11) is 4.43. The second kappa shape index (κ2) is 6.17. The molecule has 0 aromatic heterocycles. The van der Waals surface area contributed by atoms with E-state index in [1.165, 1.54) is 52.0 Å². The van der Waals surface area contributed by atoms with Crippen molar-refractivity contribution < 1.29 is 0 Å². The van der Waals surface area contributed by atoms with E-state index in [4.69, 9.17) is 0 Å². The van der Waals surface area contributed by atoms with Crippen LogP contribution in [0.5, 0.6) is 0 Å². The molecule has 2 rings (SSSR count). The van der Waals surface area contributed by atoms with E-state index in [1.54, 1.807) is 0 Å². The molecule has 0 aliphatic carbocycles. The Bertz CT molecular complexity index is 224. The third-order valence-corrected chi connectivity index (χ3v) is 4.56. The maximum atomic E-state index is 3.46. The summed E-state index contributed by atoms with van der Waals surface area (Å²) in [5, 5.41) is 3.46. The van der Waals surface area contributed by atoms with Crippen molar-refractivity contribution in [3.05, 3.63) is 0 Å². The van der Waals surface area contributed by atoms with Crippen LogP contribution in [0.1, 0.15) is 26.2 Å². The van der Waals surface area contributed by atoms with E-state index in [2.05, 4.69) is 36.1 Å². The number of nitrogens with one attached hydrogen (secondary N) is 1. The fourth-order valence-electron chi connectivity index (χ4n) is 3.47. The Morgan fingerprint density at radius 3 is 2.71 bits per heavy atom. The predicted molar refractivity (Wildman–Crippen MR) is 73.3 cm³/mol. The van der Waals surface area contributed by atoms with Crippen molar-refractivity contribution in [1.82, 2.24) is 15.1 Å². The van der Waals surface area contributed by atoms with Crippen LogP contribution >= 0.6 is 0 Å². The Hall–Kier alpha value is -0.120. The summed E-state index contributed by atoms with van der Waals surface area (Å²) in [5.74, 6) is 1.79. The highest BCUT2D eigenvalue weighted by molar-refractivity contribution is 4.86. The molecule has 3 heteroatoms. The number of rotatable bonds is 5. The molecule has 100 valence electrons. The Morgan fingerprint density at radius 1 is 1.29 bits per heavy atom. The number of likely N-dealkylation sites (tertiary alicyclic amines) is 1. The minimum absolute atomic E-state index is 0.767. The molecule has 1 N–H and O–H groups in total. The van der Waals surface area contributed by atoms with Crippen molar-refractivity contribution in [3.63, 3.8) is 0 Å². The quantitative estimate of drug-likeness (QED) is 0.779. The molecule has 0 saturated carbocycles. The number of nitrogens with zero attached hydrogens (tertiary/aromatic N) is 2. The van der Waals surface area contributed by atoms with Crippen LogP contribution in [-0.4, -0.2) is 62.7 Å². The standard InChI is InChI=1S/C14H29N3/c1-12-10-17(11-14(12)16(2)3)8-4-5-13-6-7-15-9-13/h12-15H,4-11H2,1-3H3. The van der Waals surface area contributed by atoms with Crippen LogP contribution in [-0.2, 0) is 0 Å². The van der Waals surface area contributed by atoms with Gasteiger partial charge in [-0.05, 0) is 64.8 Å². The van der Waals surface area contributed by atoms with Gasteiger partial charge in [0.2, 0.25) is 0 Å². The SMILES string of the molecule is CC1CN(CCCC2CCNC2)CC1N(C)C. The molecule has 0 radical (unpaired) electrons. The van der Waals surface area contributed by atoms with Gasteiger partial charge in [-0.25, -0.2) is 0 Å². The minimum atomic E-state index is 0.767. The summed E-state index contributed by atoms with van der Waals surface area (Å²) >= 11 is 0. The summed E-state index contributed by atoms with van der Waals surface area (Å²) in [6, 6.07) is 0.767. The van der Waals surface area contributed by atoms with Gasteiger partial charge in [-0.2, -0.15) is 0 Å². The predicted octanol–water partition coefficient (Wildman–Crippen LogP) is 1.26. The molecule has 2 fully saturated rings. The average molecular weight is 239 g/mol. The molecule has 3 nitrogen and oxygen atoms in total. The summed E-state index contributed by atoms with van der Waals surface area (Å²) in [5.41, 5.74) is 0. The lowest BCUT2D eigenvalue weighted by atomic mass is 10.0. The van der Waals surface area contributed by atoms with Gasteiger partial charge in [-0.15, -0.1) is 0 Å². The van der Waals surface area contributed by atoms with Crippen LogP contribution in [0.15, 0.2) is 0 Å². The van der Waals surface area contributed by atoms with Crippen LogP contribution in [0.4, 0.5) is 0 Å². The number of likely N-dealkylation sites (N-methyl/N-ethyl adjacent to an activating group) is 1. The zero-order valence-corrected chi connectivity index (χ0v) is 11.8. The summed E-state index contributed by atoms with van der Waals surface area (Å²) in [6.45, 7) is 8.78. The van der Waals surface area contributed by atoms with Gasteiger partial charge in [0.15, 0.2) is 0 Å². The minimum Gasteiger partial charge on any atom is -0.316 e. The van der Waals surface area contributed by atoms with Gasteiger partial charge in [-0.1, -0.05) is 6.92 Å². The topological polar surface area (TPSA) is 18.5 Å². The molecular weight excluding hydrogens is 210 g/mol. The Kier molecular flexibility index (Phi) is 4.83. The van der Waals surface area contributed by atoms with Gasteiger partial charge in [0, 0.05) is 19.1 Å². The first-order valence-electron chi connectivity index (χ1n) is 7.26. The summed E-state index contributed by atoms with van der Waals surface area (Å²) in [6.07, 6.45) is 4.21. The van der Waals surface area contributed by atoms with E-state index in [9.17, 15) is 0 Å². The lowest BCUT2D eigenvalue weighted by Crippen LogP contribution is -2.34. The van der Waals surface area contributed by atoms with Gasteiger partial charge in [0.25, 0.3) is 0 Å². The first-order chi connectivity index (χ1) is 8.16. The van der Waals surface area contributed by atoms with Crippen molar-refractivity contribution in [2.75, 3.05) is 46.8 Å². The lowest BCUT2D eigenvalue weighted by Gasteiger charge is -2.22. The third-order valence-electron chi connectivity index (χ3n) is 4.56. The molecule has 3 atom stereocenters. The molecule has 0 bridgehead atoms. The van der Waals surface area contributed by atoms with E-state index in [0.717, 1.165) is 17.9 Å². The second-order valence-electron chi connectivity index (χ2n) is 6.27. The molecule has 0 aromatic rings. The van der Waals surface area contributed by atoms with Crippen molar-refractivity contribution in [1.29, 1.82) is 0 Å². The molecule has 2 aliphatic rings. The van der Waals surface area contributed by atoms with Gasteiger partial charge >= 0.3 is 0 Å². The molecule has 2 heterocycles. The Morgan fingerprint density at radius 2 is 2.12 bits per heavy atom. The average Bonchev–Trinajstić information content (AvgIpc) is 2.88. The fraction of sp³-hybridized carbons (Fsp3) is 1.00. The van der Waals surface area contributed by atoms with Crippen molar-refractivity contribution in [3.8, 4) is 0 Å². The molecule has 17 heavy (non-hydrogen) atoms. The highest BCUT2D eigenvalue weighted by atomic mass is 15.2. The van der Waals surface area contributed by atoms with Crippen molar-refractivity contribution >= 4 is 0 Å². The fourth-order valence-corrected chi connectivity index (χ4v) is 3.47. The zero-order valence-electron chi connectivity index (χ0n) is 11.8. The van der Waals surface area contributed by atoms with Gasteiger partial charge in [-0.3, -0.25) is 0 Å². The normalized spacial score (nSPS) is 34.9. The van der Waals surface area contributed by atoms with Crippen molar-refractivity contribution in [2.45, 2.75) is 32.2 Å². The molecule has 2 aliphatic heterocycles. The van der Waals surface area contributed by atoms with Crippen LogP contribution in [0.3, 0.4) is 0 Å². The maximum absolute atomic E-state index is 3.46. The van der Waals surface area contributed by atoms with Gasteiger partial charge in [0.1, 0.15) is 0 Å². The first kappa shape index (κ1) is 13.3. The number of hydrogen-bond donors (Lipinski definition) is 1. The third kappa shape index (κ3) is 3.67. The number of hydrogen-bond acceptors (Lipinski definition) is 3. The highest BCUT2D eigenvalue weighted by Gasteiger charge is 2.30. The van der Waals surface area contributed by atoms with E-state index in [1.807, 2.05) is 0 Å². The van der Waals surface area contributed by atoms with Crippen LogP contribution in [0, 0.1) is 11.8 Å². The van der Waals surface area contributed by atoms with E-state index in [-0.39, 0.29) is 0 Å². The first-order valence-corrected chi connectivity index (χ1v) is 7.26. The molecule has 0 aromatic carbocycles. The lowest BCUT2D eigenvalue weighted by molar-refractivity contribution is 0.249. The van der Waals surface area contributed by atoms with Crippen molar-refractivity contribution in [2.24, 2.45) is 11.8 Å². The molecule has 3 unspecified atom stereocenters.